The van der Waals surface area contributed by atoms with Gasteiger partial charge in [0, 0.05) is 24.1 Å². The van der Waals surface area contributed by atoms with Crippen LogP contribution in [0.1, 0.15) is 6.92 Å². The van der Waals surface area contributed by atoms with Crippen molar-refractivity contribution in [3.8, 4) is 34.0 Å². The molecule has 0 aliphatic rings. The predicted molar refractivity (Wildman–Crippen MR) is 118 cm³/mol. The van der Waals surface area contributed by atoms with Crippen LogP contribution in [-0.4, -0.2) is 30.1 Å². The quantitative estimate of drug-likeness (QED) is 0.515. The Morgan fingerprint density at radius 2 is 1.33 bits per heavy atom. The van der Waals surface area contributed by atoms with Crippen molar-refractivity contribution in [1.29, 1.82) is 0 Å². The van der Waals surface area contributed by atoms with E-state index in [1.807, 2.05) is 60.7 Å². The van der Waals surface area contributed by atoms with E-state index in [0.717, 1.165) is 22.5 Å². The maximum atomic E-state index is 11.7. The summed E-state index contributed by atoms with van der Waals surface area (Å²) in [6, 6.07) is 21.4. The highest BCUT2D eigenvalue weighted by Crippen LogP contribution is 2.41. The van der Waals surface area contributed by atoms with Crippen molar-refractivity contribution in [1.82, 2.24) is 9.97 Å². The van der Waals surface area contributed by atoms with Crippen molar-refractivity contribution in [3.63, 3.8) is 0 Å². The monoisotopic (exact) mass is 399 g/mol. The molecule has 6 nitrogen and oxygen atoms in total. The van der Waals surface area contributed by atoms with Crippen LogP contribution in [0.25, 0.3) is 33.5 Å². The number of hydrogen-bond donors (Lipinski definition) is 1. The summed E-state index contributed by atoms with van der Waals surface area (Å²) in [5.41, 5.74) is 4.88. The van der Waals surface area contributed by atoms with Crippen LogP contribution < -0.4 is 14.8 Å². The van der Waals surface area contributed by atoms with Gasteiger partial charge in [0.2, 0.25) is 5.91 Å². The number of nitrogens with one attached hydrogen (secondary N) is 1. The number of rotatable bonds is 5. The van der Waals surface area contributed by atoms with Crippen LogP contribution in [0, 0.1) is 0 Å². The molecule has 0 saturated carbocycles. The molecule has 0 bridgehead atoms. The number of nitrogens with zero attached hydrogens (tertiary/aromatic N) is 2. The molecular weight excluding hydrogens is 378 g/mol. The zero-order valence-electron chi connectivity index (χ0n) is 17.0. The minimum atomic E-state index is -0.216. The van der Waals surface area contributed by atoms with Gasteiger partial charge in [0.15, 0.2) is 5.75 Å². The van der Waals surface area contributed by atoms with Gasteiger partial charge in [0.05, 0.1) is 31.3 Å². The lowest BCUT2D eigenvalue weighted by molar-refractivity contribution is -0.114. The minimum Gasteiger partial charge on any atom is -0.494 e. The molecule has 0 radical (unpaired) electrons. The van der Waals surface area contributed by atoms with Gasteiger partial charge in [-0.2, -0.15) is 0 Å². The van der Waals surface area contributed by atoms with E-state index in [1.54, 1.807) is 20.3 Å². The van der Waals surface area contributed by atoms with Crippen molar-refractivity contribution in [3.05, 3.63) is 66.7 Å². The van der Waals surface area contributed by atoms with Crippen LogP contribution in [0.15, 0.2) is 66.7 Å². The molecule has 4 rings (SSSR count). The van der Waals surface area contributed by atoms with Crippen LogP contribution in [0.5, 0.6) is 11.5 Å². The lowest BCUT2D eigenvalue weighted by atomic mass is 10.0. The lowest BCUT2D eigenvalue weighted by Gasteiger charge is -2.17. The van der Waals surface area contributed by atoms with Gasteiger partial charge in [-0.25, -0.2) is 9.97 Å². The molecule has 4 aromatic rings. The van der Waals surface area contributed by atoms with Crippen molar-refractivity contribution < 1.29 is 14.3 Å². The maximum Gasteiger partial charge on any atom is 0.221 e. The molecule has 0 spiro atoms. The Morgan fingerprint density at radius 3 is 1.80 bits per heavy atom. The summed E-state index contributed by atoms with van der Waals surface area (Å²) in [5, 5.41) is 2.79. The van der Waals surface area contributed by atoms with Gasteiger partial charge in [-0.05, 0) is 0 Å². The minimum absolute atomic E-state index is 0.216. The van der Waals surface area contributed by atoms with Gasteiger partial charge in [-0.15, -0.1) is 0 Å². The highest BCUT2D eigenvalue weighted by atomic mass is 16.5. The molecule has 0 aliphatic carbocycles. The van der Waals surface area contributed by atoms with Crippen molar-refractivity contribution >= 4 is 22.6 Å². The fraction of sp³-hybridized carbons (Fsp3) is 0.125. The summed E-state index contributed by atoms with van der Waals surface area (Å²) in [5.74, 6) is 0.719. The Labute approximate surface area is 174 Å². The third-order valence-corrected chi connectivity index (χ3v) is 4.69. The van der Waals surface area contributed by atoms with E-state index in [4.69, 9.17) is 19.4 Å². The Morgan fingerprint density at radius 1 is 0.800 bits per heavy atom. The number of benzene rings is 3. The summed E-state index contributed by atoms with van der Waals surface area (Å²) in [7, 11) is 3.11. The molecule has 0 atom stereocenters. The van der Waals surface area contributed by atoms with Gasteiger partial charge in [0.1, 0.15) is 16.8 Å². The molecule has 0 fully saturated rings. The van der Waals surface area contributed by atoms with Crippen LogP contribution in [0.2, 0.25) is 0 Å². The van der Waals surface area contributed by atoms with Gasteiger partial charge < -0.3 is 14.8 Å². The first-order chi connectivity index (χ1) is 14.6. The van der Waals surface area contributed by atoms with Gasteiger partial charge in [0.25, 0.3) is 0 Å². The number of hydrogen-bond acceptors (Lipinski definition) is 5. The number of ether oxygens (including phenoxy) is 2. The second-order valence-electron chi connectivity index (χ2n) is 6.69. The summed E-state index contributed by atoms with van der Waals surface area (Å²) >= 11 is 0. The summed E-state index contributed by atoms with van der Waals surface area (Å²) in [4.78, 5) is 21.6. The smallest absolute Gasteiger partial charge is 0.221 e. The third-order valence-electron chi connectivity index (χ3n) is 4.69. The van der Waals surface area contributed by atoms with Crippen LogP contribution in [0.3, 0.4) is 0 Å². The molecule has 1 N–H and O–H groups in total. The van der Waals surface area contributed by atoms with E-state index >= 15 is 0 Å². The SMILES string of the molecule is COc1cc(NC(C)=O)c(OC)c2nc(-c3ccccc3)c(-c3ccccc3)nc12. The number of amides is 1. The van der Waals surface area contributed by atoms with Crippen LogP contribution in [-0.2, 0) is 4.79 Å². The zero-order valence-corrected chi connectivity index (χ0v) is 17.0. The molecular formula is C24H21N3O3. The van der Waals surface area contributed by atoms with Gasteiger partial charge in [-0.1, -0.05) is 60.7 Å². The van der Waals surface area contributed by atoms with Crippen LogP contribution in [0.4, 0.5) is 5.69 Å². The normalized spacial score (nSPS) is 10.6. The van der Waals surface area contributed by atoms with E-state index in [0.29, 0.717) is 28.2 Å². The molecule has 1 amide bonds. The molecule has 0 saturated heterocycles. The fourth-order valence-electron chi connectivity index (χ4n) is 3.40. The molecule has 3 aromatic carbocycles. The molecule has 6 heteroatoms. The summed E-state index contributed by atoms with van der Waals surface area (Å²) < 4.78 is 11.2. The summed E-state index contributed by atoms with van der Waals surface area (Å²) in [6.45, 7) is 1.44. The molecule has 1 aromatic heterocycles. The Kier molecular flexibility index (Phi) is 5.30. The van der Waals surface area contributed by atoms with Crippen molar-refractivity contribution in [2.75, 3.05) is 19.5 Å². The number of carbonyl (C=O) groups excluding carboxylic acids is 1. The van der Waals surface area contributed by atoms with Crippen molar-refractivity contribution in [2.45, 2.75) is 6.92 Å². The fourth-order valence-corrected chi connectivity index (χ4v) is 3.40. The van der Waals surface area contributed by atoms with Gasteiger partial charge >= 0.3 is 0 Å². The van der Waals surface area contributed by atoms with Crippen LogP contribution >= 0.6 is 0 Å². The Bertz CT molecular complexity index is 1210. The number of anilines is 1. The van der Waals surface area contributed by atoms with Gasteiger partial charge in [-0.3, -0.25) is 4.79 Å². The number of methoxy groups -OCH3 is 2. The van der Waals surface area contributed by atoms with E-state index < -0.39 is 0 Å². The molecule has 30 heavy (non-hydrogen) atoms. The van der Waals surface area contributed by atoms with E-state index in [2.05, 4.69) is 5.32 Å². The number of fused-ring (bicyclic) bond motifs is 1. The van der Waals surface area contributed by atoms with Crippen molar-refractivity contribution in [2.24, 2.45) is 0 Å². The number of carbonyl (C=O) groups is 1. The Hall–Kier alpha value is -3.93. The van der Waals surface area contributed by atoms with E-state index in [1.165, 1.54) is 6.92 Å². The lowest BCUT2D eigenvalue weighted by Crippen LogP contribution is -2.09. The average molecular weight is 399 g/mol. The molecule has 0 aliphatic heterocycles. The number of aromatic nitrogens is 2. The second-order valence-corrected chi connectivity index (χ2v) is 6.69. The summed E-state index contributed by atoms with van der Waals surface area (Å²) in [6.07, 6.45) is 0. The first-order valence-corrected chi connectivity index (χ1v) is 9.47. The first kappa shape index (κ1) is 19.4. The topological polar surface area (TPSA) is 73.3 Å². The largest absolute Gasteiger partial charge is 0.494 e. The molecule has 0 unspecified atom stereocenters. The second kappa shape index (κ2) is 8.21. The standard InChI is InChI=1S/C24H21N3O3/c1-15(28)25-18-14-19(29-2)22-23(24(18)30-3)27-21(17-12-8-5-9-13-17)20(26-22)16-10-6-4-7-11-16/h4-14H,1-3H3,(H,25,28). The highest BCUT2D eigenvalue weighted by Gasteiger charge is 2.21. The van der Waals surface area contributed by atoms with E-state index in [9.17, 15) is 4.79 Å². The highest BCUT2D eigenvalue weighted by molar-refractivity contribution is 6.00. The maximum absolute atomic E-state index is 11.7. The molecule has 1 heterocycles. The molecule has 150 valence electrons. The Balaban J connectivity index is 2.10. The van der Waals surface area contributed by atoms with E-state index in [-0.39, 0.29) is 5.91 Å². The zero-order chi connectivity index (χ0) is 21.1. The third kappa shape index (κ3) is 3.55. The average Bonchev–Trinajstić information content (AvgIpc) is 2.78. The first-order valence-electron chi connectivity index (χ1n) is 9.47. The predicted octanol–water partition coefficient (Wildman–Crippen LogP) is 4.94.